The van der Waals surface area contributed by atoms with E-state index in [1.165, 1.54) is 0 Å². The van der Waals surface area contributed by atoms with E-state index < -0.39 is 6.09 Å². The van der Waals surface area contributed by atoms with Crippen molar-refractivity contribution in [2.24, 2.45) is 0 Å². The van der Waals surface area contributed by atoms with Crippen molar-refractivity contribution < 1.29 is 28.5 Å². The lowest BCUT2D eigenvalue weighted by Gasteiger charge is -2.36. The molecule has 222 valence electrons. The first kappa shape index (κ1) is 31.9. The second kappa shape index (κ2) is 17.9. The van der Waals surface area contributed by atoms with Crippen LogP contribution in [-0.2, 0) is 32.2 Å². The number of hydrogen-bond acceptors (Lipinski definition) is 6. The number of benzene rings is 2. The van der Waals surface area contributed by atoms with Gasteiger partial charge in [-0.15, -0.1) is 6.58 Å². The number of nitrogens with zero attached hydrogens (tertiary/aromatic N) is 2. The molecule has 0 saturated carbocycles. The van der Waals surface area contributed by atoms with Crippen LogP contribution in [-0.4, -0.2) is 66.7 Å². The Morgan fingerprint density at radius 1 is 0.976 bits per heavy atom. The summed E-state index contributed by atoms with van der Waals surface area (Å²) in [5.74, 6) is 0. The summed E-state index contributed by atoms with van der Waals surface area (Å²) in [6.45, 7) is 10.3. The highest BCUT2D eigenvalue weighted by atomic mass is 16.7. The summed E-state index contributed by atoms with van der Waals surface area (Å²) >= 11 is 0. The van der Waals surface area contributed by atoms with Crippen molar-refractivity contribution in [1.29, 1.82) is 0 Å². The van der Waals surface area contributed by atoms with Crippen molar-refractivity contribution >= 4 is 12.2 Å². The van der Waals surface area contributed by atoms with Crippen LogP contribution in [0.3, 0.4) is 0 Å². The van der Waals surface area contributed by atoms with Gasteiger partial charge in [-0.25, -0.2) is 9.59 Å². The van der Waals surface area contributed by atoms with E-state index in [4.69, 9.17) is 18.9 Å². The fraction of sp³-hybridized carbons (Fsp3) is 0.455. The number of carbonyl (C=O) groups excluding carboxylic acids is 2. The molecule has 3 rings (SSSR count). The summed E-state index contributed by atoms with van der Waals surface area (Å²) in [5, 5.41) is 0. The fourth-order valence-corrected chi connectivity index (χ4v) is 4.78. The van der Waals surface area contributed by atoms with E-state index in [-0.39, 0.29) is 37.7 Å². The molecule has 0 unspecified atom stereocenters. The van der Waals surface area contributed by atoms with Crippen LogP contribution in [0.4, 0.5) is 9.59 Å². The standard InChI is InChI=1S/C33H44N2O6/c1-4-29(24-30-20-13-14-22-35(30)33(37)41-26-28-18-11-8-12-19-28)34(23-15-21-31(38-5-2)39-6-3)32(36)40-25-27-16-9-7-10-17-27/h4,7-13,16-20,29-31H,1,5-6,14-15,21-26H2,2-3H3/t29-,30+/m0/s1. The van der Waals surface area contributed by atoms with E-state index >= 15 is 0 Å². The van der Waals surface area contributed by atoms with Crippen LogP contribution in [0.1, 0.15) is 50.7 Å². The minimum absolute atomic E-state index is 0.168. The van der Waals surface area contributed by atoms with Crippen molar-refractivity contribution in [3.05, 3.63) is 96.6 Å². The van der Waals surface area contributed by atoms with Crippen LogP contribution in [0.25, 0.3) is 0 Å². The molecule has 2 atom stereocenters. The number of amides is 2. The third-order valence-corrected chi connectivity index (χ3v) is 6.87. The van der Waals surface area contributed by atoms with Crippen LogP contribution in [0, 0.1) is 0 Å². The highest BCUT2D eigenvalue weighted by Gasteiger charge is 2.31. The Morgan fingerprint density at radius 2 is 1.59 bits per heavy atom. The molecule has 8 nitrogen and oxygen atoms in total. The molecule has 0 aromatic heterocycles. The van der Waals surface area contributed by atoms with Crippen LogP contribution in [0.2, 0.25) is 0 Å². The molecule has 2 aromatic rings. The SMILES string of the molecule is C=C[C@@H](C[C@H]1C=CCCN1C(=O)OCc1ccccc1)N(CCCC(OCC)OCC)C(=O)OCc1ccccc1. The summed E-state index contributed by atoms with van der Waals surface area (Å²) in [6.07, 6.45) is 7.20. The van der Waals surface area contributed by atoms with Gasteiger partial charge >= 0.3 is 12.2 Å². The first-order chi connectivity index (χ1) is 20.0. The maximum atomic E-state index is 13.4. The third kappa shape index (κ3) is 10.7. The van der Waals surface area contributed by atoms with Gasteiger partial charge in [0, 0.05) is 32.7 Å². The third-order valence-electron chi connectivity index (χ3n) is 6.87. The van der Waals surface area contributed by atoms with Crippen LogP contribution in [0.5, 0.6) is 0 Å². The molecular formula is C33H44N2O6. The van der Waals surface area contributed by atoms with E-state index in [0.29, 0.717) is 45.6 Å². The Bertz CT molecular complexity index is 1070. The average Bonchev–Trinajstić information content (AvgIpc) is 3.01. The van der Waals surface area contributed by atoms with Gasteiger partial charge in [0.25, 0.3) is 0 Å². The van der Waals surface area contributed by atoms with E-state index in [2.05, 4.69) is 12.7 Å². The summed E-state index contributed by atoms with van der Waals surface area (Å²) in [6, 6.07) is 18.6. The largest absolute Gasteiger partial charge is 0.445 e. The second-order valence-corrected chi connectivity index (χ2v) is 9.77. The predicted molar refractivity (Wildman–Crippen MR) is 159 cm³/mol. The van der Waals surface area contributed by atoms with Crippen molar-refractivity contribution in [2.45, 2.75) is 71.1 Å². The quantitative estimate of drug-likeness (QED) is 0.166. The predicted octanol–water partition coefficient (Wildman–Crippen LogP) is 6.72. The number of rotatable bonds is 16. The summed E-state index contributed by atoms with van der Waals surface area (Å²) in [5.41, 5.74) is 1.84. The Morgan fingerprint density at radius 3 is 2.17 bits per heavy atom. The van der Waals surface area contributed by atoms with Crippen LogP contribution < -0.4 is 0 Å². The van der Waals surface area contributed by atoms with E-state index in [1.807, 2.05) is 80.6 Å². The molecule has 0 bridgehead atoms. The highest BCUT2D eigenvalue weighted by Crippen LogP contribution is 2.22. The monoisotopic (exact) mass is 564 g/mol. The van der Waals surface area contributed by atoms with Crippen molar-refractivity contribution in [2.75, 3.05) is 26.3 Å². The lowest BCUT2D eigenvalue weighted by molar-refractivity contribution is -0.140. The lowest BCUT2D eigenvalue weighted by atomic mass is 10.0. The highest BCUT2D eigenvalue weighted by molar-refractivity contribution is 5.69. The lowest BCUT2D eigenvalue weighted by Crippen LogP contribution is -2.48. The van der Waals surface area contributed by atoms with Gasteiger partial charge in [-0.2, -0.15) is 0 Å². The summed E-state index contributed by atoms with van der Waals surface area (Å²) in [4.78, 5) is 30.0. The molecule has 1 heterocycles. The molecule has 0 aliphatic carbocycles. The molecule has 0 radical (unpaired) electrons. The van der Waals surface area contributed by atoms with Crippen LogP contribution >= 0.6 is 0 Å². The Kier molecular flexibility index (Phi) is 14.0. The number of carbonyl (C=O) groups is 2. The minimum atomic E-state index is -0.430. The van der Waals surface area contributed by atoms with Crippen molar-refractivity contribution in [3.63, 3.8) is 0 Å². The minimum Gasteiger partial charge on any atom is -0.445 e. The van der Waals surface area contributed by atoms with Gasteiger partial charge in [0.2, 0.25) is 0 Å². The zero-order valence-corrected chi connectivity index (χ0v) is 24.4. The van der Waals surface area contributed by atoms with E-state index in [9.17, 15) is 9.59 Å². The van der Waals surface area contributed by atoms with Gasteiger partial charge in [-0.05, 0) is 44.2 Å². The molecule has 1 aliphatic rings. The van der Waals surface area contributed by atoms with Gasteiger partial charge in [0.15, 0.2) is 6.29 Å². The fourth-order valence-electron chi connectivity index (χ4n) is 4.78. The van der Waals surface area contributed by atoms with E-state index in [0.717, 1.165) is 17.5 Å². The zero-order valence-electron chi connectivity index (χ0n) is 24.4. The first-order valence-electron chi connectivity index (χ1n) is 14.5. The molecule has 2 aromatic carbocycles. The topological polar surface area (TPSA) is 77.5 Å². The van der Waals surface area contributed by atoms with Gasteiger partial charge in [-0.1, -0.05) is 78.9 Å². The van der Waals surface area contributed by atoms with Gasteiger partial charge in [0.1, 0.15) is 13.2 Å². The second-order valence-electron chi connectivity index (χ2n) is 9.77. The molecular weight excluding hydrogens is 520 g/mol. The summed E-state index contributed by atoms with van der Waals surface area (Å²) in [7, 11) is 0. The Hall–Kier alpha value is -3.62. The van der Waals surface area contributed by atoms with Crippen LogP contribution in [0.15, 0.2) is 85.5 Å². The van der Waals surface area contributed by atoms with Gasteiger partial charge in [-0.3, -0.25) is 0 Å². The molecule has 2 amide bonds. The molecule has 0 spiro atoms. The molecule has 8 heteroatoms. The number of ether oxygens (including phenoxy) is 4. The summed E-state index contributed by atoms with van der Waals surface area (Å²) < 4.78 is 22.7. The Labute approximate surface area is 244 Å². The normalized spacial score (nSPS) is 15.4. The zero-order chi connectivity index (χ0) is 29.3. The maximum Gasteiger partial charge on any atom is 0.410 e. The van der Waals surface area contributed by atoms with Gasteiger partial charge < -0.3 is 28.7 Å². The molecule has 0 N–H and O–H groups in total. The smallest absolute Gasteiger partial charge is 0.410 e. The van der Waals surface area contributed by atoms with Crippen molar-refractivity contribution in [3.8, 4) is 0 Å². The molecule has 1 aliphatic heterocycles. The molecule has 0 fully saturated rings. The number of hydrogen-bond donors (Lipinski definition) is 0. The maximum absolute atomic E-state index is 13.4. The molecule has 41 heavy (non-hydrogen) atoms. The Balaban J connectivity index is 1.69. The van der Waals surface area contributed by atoms with Crippen molar-refractivity contribution in [1.82, 2.24) is 9.80 Å². The van der Waals surface area contributed by atoms with Gasteiger partial charge in [0.05, 0.1) is 12.1 Å². The average molecular weight is 565 g/mol. The molecule has 0 saturated heterocycles. The van der Waals surface area contributed by atoms with E-state index in [1.54, 1.807) is 15.9 Å². The first-order valence-corrected chi connectivity index (χ1v) is 14.5.